The minimum Gasteiger partial charge on any atom is -0.465 e. The van der Waals surface area contributed by atoms with Gasteiger partial charge < -0.3 is 19.5 Å². The second-order valence-corrected chi connectivity index (χ2v) is 12.4. The van der Waals surface area contributed by atoms with Crippen molar-refractivity contribution < 1.29 is 28.6 Å². The fourth-order valence-electron chi connectivity index (χ4n) is 4.11. The normalized spacial score (nSPS) is 14.5. The van der Waals surface area contributed by atoms with Crippen LogP contribution in [-0.2, 0) is 23.8 Å². The van der Waals surface area contributed by atoms with Gasteiger partial charge in [-0.1, -0.05) is 74.7 Å². The number of esters is 2. The molecule has 7 heteroatoms. The molecule has 0 rings (SSSR count). The largest absolute Gasteiger partial charge is 0.465 e. The lowest BCUT2D eigenvalue weighted by Gasteiger charge is -2.43. The molecule has 7 nitrogen and oxygen atoms in total. The quantitative estimate of drug-likeness (QED) is 0.127. The van der Waals surface area contributed by atoms with Crippen LogP contribution in [-0.4, -0.2) is 44.4 Å². The van der Waals surface area contributed by atoms with E-state index >= 15 is 0 Å². The number of rotatable bonds is 17. The Balaban J connectivity index is 4.04. The summed E-state index contributed by atoms with van der Waals surface area (Å²) in [5, 5.41) is 2.62. The Morgan fingerprint density at radius 1 is 0.806 bits per heavy atom. The Morgan fingerprint density at radius 2 is 1.47 bits per heavy atom. The van der Waals surface area contributed by atoms with Crippen LogP contribution in [0.25, 0.3) is 0 Å². The minimum atomic E-state index is -0.634. The second kappa shape index (κ2) is 16.9. The topological polar surface area (TPSA) is 90.9 Å². The number of amides is 1. The molecule has 0 saturated heterocycles. The maximum Gasteiger partial charge on any atom is 0.407 e. The zero-order chi connectivity index (χ0) is 27.8. The Labute approximate surface area is 220 Å². The summed E-state index contributed by atoms with van der Waals surface area (Å²) in [6.45, 7) is 19.8. The van der Waals surface area contributed by atoms with E-state index in [1.807, 2.05) is 6.92 Å². The van der Waals surface area contributed by atoms with E-state index in [2.05, 4.69) is 60.7 Å². The first kappa shape index (κ1) is 34.2. The maximum atomic E-state index is 12.9. The third kappa shape index (κ3) is 14.7. The summed E-state index contributed by atoms with van der Waals surface area (Å²) in [6, 6.07) is 0. The smallest absolute Gasteiger partial charge is 0.407 e. The van der Waals surface area contributed by atoms with E-state index in [1.165, 1.54) is 6.42 Å². The van der Waals surface area contributed by atoms with Crippen LogP contribution in [0.5, 0.6) is 0 Å². The minimum absolute atomic E-state index is 0.0181. The molecule has 0 saturated carbocycles. The van der Waals surface area contributed by atoms with Gasteiger partial charge in [-0.05, 0) is 55.8 Å². The molecule has 1 amide bonds. The van der Waals surface area contributed by atoms with E-state index in [4.69, 9.17) is 14.2 Å². The standard InChI is InChI=1S/C29H55NO6/c1-10-12-16-23(11-2)21-36-24(31)17-14-13-15-19-35-26(33)30-18-20-34-25(32)29(9,28(6,7)8)22-27(3,4)5/h23H,10-22H2,1-9H3,(H,30,33). The molecule has 0 spiro atoms. The van der Waals surface area contributed by atoms with E-state index in [0.717, 1.165) is 25.7 Å². The van der Waals surface area contributed by atoms with Gasteiger partial charge in [0.2, 0.25) is 0 Å². The highest BCUT2D eigenvalue weighted by Gasteiger charge is 2.47. The highest BCUT2D eigenvalue weighted by Crippen LogP contribution is 2.47. The van der Waals surface area contributed by atoms with Gasteiger partial charge in [0.05, 0.1) is 25.2 Å². The lowest BCUT2D eigenvalue weighted by molar-refractivity contribution is -0.164. The average molecular weight is 514 g/mol. The van der Waals surface area contributed by atoms with Gasteiger partial charge in [-0.25, -0.2) is 4.79 Å². The van der Waals surface area contributed by atoms with Gasteiger partial charge in [0.25, 0.3) is 0 Å². The van der Waals surface area contributed by atoms with Gasteiger partial charge in [0, 0.05) is 6.42 Å². The molecular formula is C29H55NO6. The summed E-state index contributed by atoms with van der Waals surface area (Å²) in [5.74, 6) is 0.0591. The molecule has 0 radical (unpaired) electrons. The molecule has 0 fully saturated rings. The molecule has 0 aromatic carbocycles. The van der Waals surface area contributed by atoms with Crippen LogP contribution in [0.15, 0.2) is 0 Å². The van der Waals surface area contributed by atoms with E-state index in [0.29, 0.717) is 38.2 Å². The molecule has 36 heavy (non-hydrogen) atoms. The Morgan fingerprint density at radius 3 is 2.03 bits per heavy atom. The first-order chi connectivity index (χ1) is 16.7. The summed E-state index contributed by atoms with van der Waals surface area (Å²) in [7, 11) is 0. The van der Waals surface area contributed by atoms with E-state index < -0.39 is 11.5 Å². The molecule has 0 aromatic rings. The van der Waals surface area contributed by atoms with Crippen molar-refractivity contribution >= 4 is 18.0 Å². The van der Waals surface area contributed by atoms with Crippen molar-refractivity contribution in [3.8, 4) is 0 Å². The summed E-state index contributed by atoms with van der Waals surface area (Å²) >= 11 is 0. The molecule has 0 aliphatic carbocycles. The highest BCUT2D eigenvalue weighted by molar-refractivity contribution is 5.77. The van der Waals surface area contributed by atoms with Gasteiger partial charge in [-0.3, -0.25) is 9.59 Å². The van der Waals surface area contributed by atoms with Crippen LogP contribution in [0.3, 0.4) is 0 Å². The van der Waals surface area contributed by atoms with Crippen molar-refractivity contribution in [3.05, 3.63) is 0 Å². The third-order valence-corrected chi connectivity index (χ3v) is 6.88. The fourth-order valence-corrected chi connectivity index (χ4v) is 4.11. The molecule has 0 aromatic heterocycles. The summed E-state index contributed by atoms with van der Waals surface area (Å²) in [6.07, 6.45) is 7.21. The van der Waals surface area contributed by atoms with Crippen molar-refractivity contribution in [1.29, 1.82) is 0 Å². The van der Waals surface area contributed by atoms with E-state index in [9.17, 15) is 14.4 Å². The first-order valence-corrected chi connectivity index (χ1v) is 13.9. The lowest BCUT2D eigenvalue weighted by Crippen LogP contribution is -2.45. The molecule has 2 atom stereocenters. The third-order valence-electron chi connectivity index (χ3n) is 6.88. The molecular weight excluding hydrogens is 458 g/mol. The number of nitrogens with one attached hydrogen (secondary N) is 1. The Kier molecular flexibility index (Phi) is 16.0. The number of hydrogen-bond acceptors (Lipinski definition) is 6. The second-order valence-electron chi connectivity index (χ2n) is 12.4. The molecule has 2 unspecified atom stereocenters. The van der Waals surface area contributed by atoms with Crippen LogP contribution >= 0.6 is 0 Å². The number of carbonyl (C=O) groups is 3. The average Bonchev–Trinajstić information content (AvgIpc) is 2.77. The van der Waals surface area contributed by atoms with Gasteiger partial charge in [0.1, 0.15) is 6.61 Å². The highest BCUT2D eigenvalue weighted by atomic mass is 16.6. The Hall–Kier alpha value is -1.79. The molecule has 0 aliphatic heterocycles. The number of alkyl carbamates (subject to hydrolysis) is 1. The van der Waals surface area contributed by atoms with Crippen molar-refractivity contribution in [3.63, 3.8) is 0 Å². The summed E-state index contributed by atoms with van der Waals surface area (Å²) < 4.78 is 16.1. The first-order valence-electron chi connectivity index (χ1n) is 13.9. The van der Waals surface area contributed by atoms with Crippen LogP contribution in [0.2, 0.25) is 0 Å². The van der Waals surface area contributed by atoms with Gasteiger partial charge in [-0.15, -0.1) is 0 Å². The molecule has 0 aliphatic rings. The van der Waals surface area contributed by atoms with Crippen LogP contribution < -0.4 is 5.32 Å². The number of hydrogen-bond donors (Lipinski definition) is 1. The maximum absolute atomic E-state index is 12.9. The van der Waals surface area contributed by atoms with Crippen molar-refractivity contribution in [2.75, 3.05) is 26.4 Å². The molecule has 212 valence electrons. The van der Waals surface area contributed by atoms with Crippen molar-refractivity contribution in [1.82, 2.24) is 5.32 Å². The molecule has 0 heterocycles. The predicted molar refractivity (Wildman–Crippen MR) is 145 cm³/mol. The van der Waals surface area contributed by atoms with Crippen LogP contribution in [0.1, 0.15) is 120 Å². The van der Waals surface area contributed by atoms with Gasteiger partial charge in [-0.2, -0.15) is 0 Å². The molecule has 1 N–H and O–H groups in total. The zero-order valence-electron chi connectivity index (χ0n) is 24.7. The van der Waals surface area contributed by atoms with Crippen LogP contribution in [0.4, 0.5) is 4.79 Å². The fraction of sp³-hybridized carbons (Fsp3) is 0.897. The van der Waals surface area contributed by atoms with Crippen LogP contribution in [0, 0.1) is 22.2 Å². The molecule has 0 bridgehead atoms. The summed E-state index contributed by atoms with van der Waals surface area (Å²) in [4.78, 5) is 36.7. The SMILES string of the molecule is CCCCC(CC)COC(=O)CCCCCOC(=O)NCCOC(=O)C(C)(CC(C)(C)C)C(C)(C)C. The summed E-state index contributed by atoms with van der Waals surface area (Å²) in [5.41, 5.74) is -0.909. The lowest BCUT2D eigenvalue weighted by atomic mass is 9.61. The number of carbonyl (C=O) groups excluding carboxylic acids is 3. The van der Waals surface area contributed by atoms with Gasteiger partial charge >= 0.3 is 18.0 Å². The van der Waals surface area contributed by atoms with E-state index in [-0.39, 0.29) is 42.5 Å². The Bertz CT molecular complexity index is 649. The van der Waals surface area contributed by atoms with E-state index in [1.54, 1.807) is 0 Å². The van der Waals surface area contributed by atoms with Crippen molar-refractivity contribution in [2.24, 2.45) is 22.2 Å². The van der Waals surface area contributed by atoms with Gasteiger partial charge in [0.15, 0.2) is 0 Å². The zero-order valence-corrected chi connectivity index (χ0v) is 24.7. The number of ether oxygens (including phenoxy) is 3. The predicted octanol–water partition coefficient (Wildman–Crippen LogP) is 7.06. The monoisotopic (exact) mass is 513 g/mol. The number of unbranched alkanes of at least 4 members (excludes halogenated alkanes) is 3. The van der Waals surface area contributed by atoms with Crippen molar-refractivity contribution in [2.45, 2.75) is 120 Å².